The van der Waals surface area contributed by atoms with Gasteiger partial charge in [-0.2, -0.15) is 0 Å². The molecule has 1 fully saturated rings. The Balaban J connectivity index is 2.26. The fourth-order valence-corrected chi connectivity index (χ4v) is 3.12. The molecule has 0 aliphatic carbocycles. The molecular weight excluding hydrogens is 240 g/mol. The second-order valence-corrected chi connectivity index (χ2v) is 6.70. The Hall–Kier alpha value is -0.820. The summed E-state index contributed by atoms with van der Waals surface area (Å²) in [6.07, 6.45) is 0.721. The summed E-state index contributed by atoms with van der Waals surface area (Å²) in [7, 11) is -3.00. The molecular formula is C10H22N4O2S. The monoisotopic (exact) mass is 262 g/mol. The third-order valence-corrected chi connectivity index (χ3v) is 4.45. The lowest BCUT2D eigenvalue weighted by atomic mass is 10.2. The van der Waals surface area contributed by atoms with E-state index in [1.807, 2.05) is 0 Å². The largest absolute Gasteiger partial charge is 0.370 e. The number of hydrogen-bond acceptors (Lipinski definition) is 3. The molecule has 0 radical (unpaired) electrons. The lowest BCUT2D eigenvalue weighted by Crippen LogP contribution is -2.39. The van der Waals surface area contributed by atoms with Crippen molar-refractivity contribution in [1.82, 2.24) is 9.62 Å². The fraction of sp³-hybridized carbons (Fsp3) is 0.900. The number of sulfonamides is 1. The van der Waals surface area contributed by atoms with Gasteiger partial charge in [-0.1, -0.05) is 13.8 Å². The van der Waals surface area contributed by atoms with Gasteiger partial charge in [0, 0.05) is 26.2 Å². The fourth-order valence-electron chi connectivity index (χ4n) is 1.59. The molecule has 17 heavy (non-hydrogen) atoms. The second-order valence-electron chi connectivity index (χ2n) is 4.62. The Morgan fingerprint density at radius 3 is 2.76 bits per heavy atom. The lowest BCUT2D eigenvalue weighted by Gasteiger charge is -2.14. The van der Waals surface area contributed by atoms with Crippen LogP contribution in [0.1, 0.15) is 20.3 Å². The van der Waals surface area contributed by atoms with Crippen molar-refractivity contribution in [3.8, 4) is 0 Å². The van der Waals surface area contributed by atoms with Crippen LogP contribution in [0, 0.1) is 5.92 Å². The molecule has 6 nitrogen and oxygen atoms in total. The van der Waals surface area contributed by atoms with Gasteiger partial charge < -0.3 is 11.1 Å². The summed E-state index contributed by atoms with van der Waals surface area (Å²) in [6.45, 7) is 6.39. The molecule has 1 rings (SSSR count). The first-order valence-corrected chi connectivity index (χ1v) is 7.54. The van der Waals surface area contributed by atoms with E-state index in [9.17, 15) is 8.42 Å². The van der Waals surface area contributed by atoms with Crippen molar-refractivity contribution in [2.45, 2.75) is 20.3 Å². The molecule has 1 saturated heterocycles. The van der Waals surface area contributed by atoms with Crippen molar-refractivity contribution in [3.63, 3.8) is 0 Å². The average Bonchev–Trinajstić information content (AvgIpc) is 2.55. The third-order valence-electron chi connectivity index (χ3n) is 2.50. The Morgan fingerprint density at radius 1 is 1.53 bits per heavy atom. The van der Waals surface area contributed by atoms with E-state index in [4.69, 9.17) is 5.73 Å². The Bertz CT molecular complexity index is 365. The first-order valence-electron chi connectivity index (χ1n) is 5.93. The maximum absolute atomic E-state index is 11.5. The summed E-state index contributed by atoms with van der Waals surface area (Å²) in [4.78, 5) is 4.14. The predicted octanol–water partition coefficient (Wildman–Crippen LogP) is -0.418. The van der Waals surface area contributed by atoms with E-state index in [0.717, 1.165) is 6.42 Å². The molecule has 0 aromatic carbocycles. The molecule has 0 aromatic rings. The van der Waals surface area contributed by atoms with Crippen LogP contribution in [0.5, 0.6) is 0 Å². The minimum Gasteiger partial charge on any atom is -0.370 e. The van der Waals surface area contributed by atoms with Gasteiger partial charge >= 0.3 is 0 Å². The van der Waals surface area contributed by atoms with Crippen LogP contribution in [0.2, 0.25) is 0 Å². The van der Waals surface area contributed by atoms with Crippen LogP contribution in [-0.4, -0.2) is 50.6 Å². The standard InChI is InChI=1S/C10H22N4O2S/c1-9(2)8-13-10(11)12-4-6-14-5-3-7-17(14,15)16/h9H,3-8H2,1-2H3,(H3,11,12,13). The second kappa shape index (κ2) is 6.20. The topological polar surface area (TPSA) is 87.8 Å². The predicted molar refractivity (Wildman–Crippen MR) is 69.3 cm³/mol. The highest BCUT2D eigenvalue weighted by atomic mass is 32.2. The number of nitrogens with two attached hydrogens (primary N) is 1. The minimum atomic E-state index is -3.00. The SMILES string of the molecule is CC(C)CN=C(N)NCCN1CCCS1(=O)=O. The number of nitrogens with one attached hydrogen (secondary N) is 1. The molecule has 0 amide bonds. The summed E-state index contributed by atoms with van der Waals surface area (Å²) in [5, 5.41) is 2.92. The van der Waals surface area contributed by atoms with E-state index in [1.165, 1.54) is 4.31 Å². The zero-order valence-electron chi connectivity index (χ0n) is 10.5. The molecule has 1 heterocycles. The molecule has 1 aliphatic rings. The molecule has 0 saturated carbocycles. The summed E-state index contributed by atoms with van der Waals surface area (Å²) in [5.74, 6) is 1.12. The molecule has 0 unspecified atom stereocenters. The van der Waals surface area contributed by atoms with Crippen molar-refractivity contribution >= 4 is 16.0 Å². The zero-order valence-corrected chi connectivity index (χ0v) is 11.3. The van der Waals surface area contributed by atoms with Gasteiger partial charge in [-0.25, -0.2) is 12.7 Å². The quantitative estimate of drug-likeness (QED) is 0.520. The molecule has 7 heteroatoms. The number of rotatable bonds is 5. The van der Waals surface area contributed by atoms with Crippen LogP contribution in [0.3, 0.4) is 0 Å². The van der Waals surface area contributed by atoms with E-state index in [1.54, 1.807) is 0 Å². The summed E-state index contributed by atoms with van der Waals surface area (Å²) in [6, 6.07) is 0. The van der Waals surface area contributed by atoms with Gasteiger partial charge in [-0.15, -0.1) is 0 Å². The van der Waals surface area contributed by atoms with Gasteiger partial charge in [-0.3, -0.25) is 4.99 Å². The van der Waals surface area contributed by atoms with Gasteiger partial charge in [0.25, 0.3) is 0 Å². The Morgan fingerprint density at radius 2 is 2.24 bits per heavy atom. The average molecular weight is 262 g/mol. The minimum absolute atomic E-state index is 0.268. The third kappa shape index (κ3) is 4.91. The van der Waals surface area contributed by atoms with Crippen molar-refractivity contribution in [3.05, 3.63) is 0 Å². The number of aliphatic imine (C=N–C) groups is 1. The van der Waals surface area contributed by atoms with Crippen LogP contribution in [-0.2, 0) is 10.0 Å². The van der Waals surface area contributed by atoms with Crippen LogP contribution in [0.4, 0.5) is 0 Å². The van der Waals surface area contributed by atoms with Crippen LogP contribution in [0.25, 0.3) is 0 Å². The van der Waals surface area contributed by atoms with Crippen LogP contribution < -0.4 is 11.1 Å². The molecule has 100 valence electrons. The first-order chi connectivity index (χ1) is 7.92. The maximum Gasteiger partial charge on any atom is 0.214 e. The first kappa shape index (κ1) is 14.2. The van der Waals surface area contributed by atoms with E-state index in [0.29, 0.717) is 38.1 Å². The van der Waals surface area contributed by atoms with Crippen LogP contribution >= 0.6 is 0 Å². The lowest BCUT2D eigenvalue weighted by molar-refractivity contribution is 0.445. The summed E-state index contributed by atoms with van der Waals surface area (Å²) >= 11 is 0. The summed E-state index contributed by atoms with van der Waals surface area (Å²) in [5.41, 5.74) is 5.65. The van der Waals surface area contributed by atoms with Crippen molar-refractivity contribution in [2.75, 3.05) is 31.9 Å². The van der Waals surface area contributed by atoms with E-state index >= 15 is 0 Å². The van der Waals surface area contributed by atoms with Gasteiger partial charge in [0.1, 0.15) is 0 Å². The van der Waals surface area contributed by atoms with E-state index in [2.05, 4.69) is 24.2 Å². The molecule has 0 spiro atoms. The zero-order chi connectivity index (χ0) is 12.9. The number of hydrogen-bond donors (Lipinski definition) is 2. The molecule has 0 atom stereocenters. The van der Waals surface area contributed by atoms with Crippen molar-refractivity contribution in [1.29, 1.82) is 0 Å². The van der Waals surface area contributed by atoms with Crippen molar-refractivity contribution < 1.29 is 8.42 Å². The Kier molecular flexibility index (Phi) is 5.20. The molecule has 3 N–H and O–H groups in total. The maximum atomic E-state index is 11.5. The highest BCUT2D eigenvalue weighted by Crippen LogP contribution is 2.11. The molecule has 1 aliphatic heterocycles. The highest BCUT2D eigenvalue weighted by Gasteiger charge is 2.27. The molecule has 0 bridgehead atoms. The normalized spacial score (nSPS) is 21.0. The van der Waals surface area contributed by atoms with Gasteiger partial charge in [0.15, 0.2) is 5.96 Å². The van der Waals surface area contributed by atoms with Crippen molar-refractivity contribution in [2.24, 2.45) is 16.6 Å². The summed E-state index contributed by atoms with van der Waals surface area (Å²) < 4.78 is 24.5. The van der Waals surface area contributed by atoms with Gasteiger partial charge in [0.05, 0.1) is 5.75 Å². The van der Waals surface area contributed by atoms with Crippen LogP contribution in [0.15, 0.2) is 4.99 Å². The number of guanidine groups is 1. The molecule has 0 aromatic heterocycles. The van der Waals surface area contributed by atoms with Gasteiger partial charge in [-0.05, 0) is 12.3 Å². The Labute approximate surface area is 103 Å². The number of nitrogens with zero attached hydrogens (tertiary/aromatic N) is 2. The van der Waals surface area contributed by atoms with E-state index in [-0.39, 0.29) is 5.75 Å². The van der Waals surface area contributed by atoms with E-state index < -0.39 is 10.0 Å². The van der Waals surface area contributed by atoms with Gasteiger partial charge in [0.2, 0.25) is 10.0 Å². The smallest absolute Gasteiger partial charge is 0.214 e. The highest BCUT2D eigenvalue weighted by molar-refractivity contribution is 7.89.